The van der Waals surface area contributed by atoms with Crippen LogP contribution < -0.4 is 4.90 Å². The Kier molecular flexibility index (Phi) is 5.88. The van der Waals surface area contributed by atoms with Crippen LogP contribution in [-0.2, 0) is 0 Å². The van der Waals surface area contributed by atoms with Crippen molar-refractivity contribution in [2.24, 2.45) is 0 Å². The highest BCUT2D eigenvalue weighted by Crippen LogP contribution is 2.38. The number of hydrogen-bond acceptors (Lipinski definition) is 1. The van der Waals surface area contributed by atoms with E-state index in [0.717, 1.165) is 17.1 Å². The molecule has 184 valence electrons. The number of rotatable bonds is 4. The average molecular weight is 498 g/mol. The first-order valence-corrected chi connectivity index (χ1v) is 13.4. The second-order valence-corrected chi connectivity index (χ2v) is 9.86. The number of anilines is 3. The fourth-order valence-corrected chi connectivity index (χ4v) is 5.48. The van der Waals surface area contributed by atoms with E-state index in [-0.39, 0.29) is 0 Å². The third-order valence-electron chi connectivity index (χ3n) is 7.41. The Labute approximate surface area is 229 Å². The van der Waals surface area contributed by atoms with Gasteiger partial charge in [0.05, 0.1) is 0 Å². The van der Waals surface area contributed by atoms with Gasteiger partial charge in [0, 0.05) is 17.1 Å². The summed E-state index contributed by atoms with van der Waals surface area (Å²) in [7, 11) is 0. The quantitative estimate of drug-likeness (QED) is 0.234. The van der Waals surface area contributed by atoms with E-state index in [1.54, 1.807) is 0 Å². The molecule has 0 heterocycles. The van der Waals surface area contributed by atoms with Crippen molar-refractivity contribution in [2.45, 2.75) is 0 Å². The van der Waals surface area contributed by atoms with Crippen LogP contribution in [0.1, 0.15) is 27.8 Å². The minimum Gasteiger partial charge on any atom is -0.310 e. The van der Waals surface area contributed by atoms with E-state index in [0.29, 0.717) is 0 Å². The number of hydrogen-bond donors (Lipinski definition) is 0. The van der Waals surface area contributed by atoms with E-state index in [1.165, 1.54) is 44.2 Å². The largest absolute Gasteiger partial charge is 0.310 e. The van der Waals surface area contributed by atoms with Crippen LogP contribution in [0, 0.1) is 0 Å². The third-order valence-corrected chi connectivity index (χ3v) is 7.41. The summed E-state index contributed by atoms with van der Waals surface area (Å²) in [5.41, 5.74) is 10.8. The number of fused-ring (bicyclic) bond motifs is 3. The summed E-state index contributed by atoms with van der Waals surface area (Å²) in [5, 5.41) is 2.48. The normalized spacial score (nSPS) is 11.9. The first-order valence-electron chi connectivity index (χ1n) is 13.4. The minimum atomic E-state index is 1.13. The lowest BCUT2D eigenvalue weighted by Gasteiger charge is -2.26. The minimum absolute atomic E-state index is 1.13. The summed E-state index contributed by atoms with van der Waals surface area (Å²) in [4.78, 5) is 2.32. The molecule has 1 aliphatic rings. The Morgan fingerprint density at radius 1 is 0.410 bits per heavy atom. The van der Waals surface area contributed by atoms with E-state index in [4.69, 9.17) is 0 Å². The van der Waals surface area contributed by atoms with E-state index in [1.807, 2.05) is 0 Å². The maximum absolute atomic E-state index is 2.32. The van der Waals surface area contributed by atoms with Crippen molar-refractivity contribution in [1.29, 1.82) is 0 Å². The molecular formula is C38H27N. The molecule has 0 amide bonds. The van der Waals surface area contributed by atoms with Gasteiger partial charge in [0.15, 0.2) is 0 Å². The number of para-hydroxylation sites is 1. The summed E-state index contributed by atoms with van der Waals surface area (Å²) in [6.45, 7) is 0. The molecule has 1 aliphatic carbocycles. The van der Waals surface area contributed by atoms with Gasteiger partial charge >= 0.3 is 0 Å². The molecule has 0 radical (unpaired) electrons. The van der Waals surface area contributed by atoms with Crippen LogP contribution in [0.3, 0.4) is 0 Å². The van der Waals surface area contributed by atoms with Gasteiger partial charge in [-0.3, -0.25) is 0 Å². The first-order chi connectivity index (χ1) is 19.3. The van der Waals surface area contributed by atoms with Gasteiger partial charge in [0.25, 0.3) is 0 Å². The average Bonchev–Trinajstić information content (AvgIpc) is 3.16. The van der Waals surface area contributed by atoms with Gasteiger partial charge in [-0.25, -0.2) is 0 Å². The second kappa shape index (κ2) is 9.96. The summed E-state index contributed by atoms with van der Waals surface area (Å²) in [6, 6.07) is 52.0. The van der Waals surface area contributed by atoms with Crippen LogP contribution in [0.25, 0.3) is 34.6 Å². The topological polar surface area (TPSA) is 3.24 Å². The highest BCUT2D eigenvalue weighted by Gasteiger charge is 2.16. The predicted octanol–water partition coefficient (Wildman–Crippen LogP) is 10.4. The molecular weight excluding hydrogens is 470 g/mol. The maximum Gasteiger partial charge on any atom is 0.0468 e. The Morgan fingerprint density at radius 3 is 1.64 bits per heavy atom. The zero-order chi connectivity index (χ0) is 26.0. The maximum atomic E-state index is 2.32. The fourth-order valence-electron chi connectivity index (χ4n) is 5.48. The van der Waals surface area contributed by atoms with Gasteiger partial charge in [-0.15, -0.1) is 0 Å². The zero-order valence-electron chi connectivity index (χ0n) is 21.5. The first kappa shape index (κ1) is 23.0. The van der Waals surface area contributed by atoms with Crippen molar-refractivity contribution in [3.05, 3.63) is 173 Å². The molecule has 0 saturated carbocycles. The Hall–Kier alpha value is -5.14. The molecule has 1 nitrogen and oxygen atoms in total. The molecule has 0 unspecified atom stereocenters. The Bertz CT molecular complexity index is 1790. The standard InChI is InChI=1S/C38H27N/c1-2-14-33(15-3-1)39(35-25-22-29-10-4-5-13-32(29)27-35)34-23-18-28(19-24-34)26-38-36-16-8-6-11-30(36)20-21-31-12-7-9-17-37(31)38/h1-27H. The van der Waals surface area contributed by atoms with Gasteiger partial charge in [0.2, 0.25) is 0 Å². The third kappa shape index (κ3) is 4.45. The Morgan fingerprint density at radius 2 is 0.949 bits per heavy atom. The van der Waals surface area contributed by atoms with Gasteiger partial charge in [-0.2, -0.15) is 0 Å². The highest BCUT2D eigenvalue weighted by atomic mass is 15.1. The van der Waals surface area contributed by atoms with Crippen LogP contribution in [0.4, 0.5) is 17.1 Å². The lowest BCUT2D eigenvalue weighted by Crippen LogP contribution is -2.09. The van der Waals surface area contributed by atoms with Crippen molar-refractivity contribution < 1.29 is 0 Å². The van der Waals surface area contributed by atoms with Crippen molar-refractivity contribution in [2.75, 3.05) is 4.90 Å². The van der Waals surface area contributed by atoms with Crippen molar-refractivity contribution >= 4 is 51.6 Å². The highest BCUT2D eigenvalue weighted by molar-refractivity contribution is 6.00. The Balaban J connectivity index is 1.32. The molecule has 7 rings (SSSR count). The molecule has 0 fully saturated rings. The molecule has 0 aromatic heterocycles. The van der Waals surface area contributed by atoms with E-state index in [9.17, 15) is 0 Å². The van der Waals surface area contributed by atoms with Crippen molar-refractivity contribution in [1.82, 2.24) is 0 Å². The molecule has 0 bridgehead atoms. The second-order valence-electron chi connectivity index (χ2n) is 9.86. The lowest BCUT2D eigenvalue weighted by atomic mass is 9.92. The number of benzene rings is 6. The molecule has 0 atom stereocenters. The van der Waals surface area contributed by atoms with Crippen LogP contribution in [0.5, 0.6) is 0 Å². The van der Waals surface area contributed by atoms with Crippen LogP contribution in [0.15, 0.2) is 146 Å². The van der Waals surface area contributed by atoms with Crippen molar-refractivity contribution in [3.63, 3.8) is 0 Å². The molecule has 0 saturated heterocycles. The van der Waals surface area contributed by atoms with Gasteiger partial charge < -0.3 is 4.90 Å². The molecule has 1 heteroatoms. The van der Waals surface area contributed by atoms with Crippen LogP contribution >= 0.6 is 0 Å². The molecule has 0 spiro atoms. The summed E-state index contributed by atoms with van der Waals surface area (Å²) < 4.78 is 0. The molecule has 0 aliphatic heterocycles. The van der Waals surface area contributed by atoms with Crippen LogP contribution in [0.2, 0.25) is 0 Å². The molecule has 6 aromatic rings. The van der Waals surface area contributed by atoms with Gasteiger partial charge in [-0.1, -0.05) is 121 Å². The zero-order valence-corrected chi connectivity index (χ0v) is 21.5. The molecule has 39 heavy (non-hydrogen) atoms. The number of nitrogens with zero attached hydrogens (tertiary/aromatic N) is 1. The van der Waals surface area contributed by atoms with E-state index < -0.39 is 0 Å². The molecule has 6 aromatic carbocycles. The van der Waals surface area contributed by atoms with Crippen LogP contribution in [-0.4, -0.2) is 0 Å². The SMILES string of the molecule is C1=Cc2ccccc2C(=Cc2ccc(N(c3ccccc3)c3ccc4ccccc4c3)cc2)c2ccccc21. The van der Waals surface area contributed by atoms with E-state index in [2.05, 4.69) is 169 Å². The van der Waals surface area contributed by atoms with Crippen molar-refractivity contribution in [3.8, 4) is 0 Å². The molecule has 0 N–H and O–H groups in total. The fraction of sp³-hybridized carbons (Fsp3) is 0. The summed E-state index contributed by atoms with van der Waals surface area (Å²) in [6.07, 6.45) is 6.76. The summed E-state index contributed by atoms with van der Waals surface area (Å²) >= 11 is 0. The lowest BCUT2D eigenvalue weighted by molar-refractivity contribution is 1.29. The predicted molar refractivity (Wildman–Crippen MR) is 167 cm³/mol. The summed E-state index contributed by atoms with van der Waals surface area (Å²) in [5.74, 6) is 0. The van der Waals surface area contributed by atoms with Gasteiger partial charge in [0.1, 0.15) is 0 Å². The monoisotopic (exact) mass is 497 g/mol. The van der Waals surface area contributed by atoms with E-state index >= 15 is 0 Å². The van der Waals surface area contributed by atoms with Gasteiger partial charge in [-0.05, 0) is 86.6 Å². The smallest absolute Gasteiger partial charge is 0.0468 e.